The van der Waals surface area contributed by atoms with Crippen LogP contribution in [0.4, 0.5) is 22.7 Å². The summed E-state index contributed by atoms with van der Waals surface area (Å²) in [5, 5.41) is 71.4. The maximum Gasteiger partial charge on any atom is 0.488 e. The number of carbonyl (C=O) groups excluding carboxylic acids is 1. The monoisotopic (exact) mass is 1860 g/mol. The first-order valence-electron chi connectivity index (χ1n) is 44.3. The van der Waals surface area contributed by atoms with Gasteiger partial charge in [0.2, 0.25) is 22.1 Å². The van der Waals surface area contributed by atoms with Gasteiger partial charge in [0.1, 0.15) is 23.9 Å². The van der Waals surface area contributed by atoms with Crippen LogP contribution in [0.15, 0.2) is 392 Å². The number of anilines is 4. The second-order valence-electron chi connectivity index (χ2n) is 31.7. The van der Waals surface area contributed by atoms with Crippen molar-refractivity contribution in [3.63, 3.8) is 0 Å². The second-order valence-corrected chi connectivity index (χ2v) is 36.0. The lowest BCUT2D eigenvalue weighted by Gasteiger charge is -2.22. The molecule has 0 saturated carbocycles. The molecule has 3 N–H and O–H groups in total. The van der Waals surface area contributed by atoms with Crippen LogP contribution in [-0.4, -0.2) is 110 Å². The third-order valence-electron chi connectivity index (χ3n) is 23.3. The molecule has 19 rings (SSSR count). The predicted octanol–water partition coefficient (Wildman–Crippen LogP) is 16.7. The Labute approximate surface area is 804 Å². The van der Waals surface area contributed by atoms with Crippen molar-refractivity contribution in [2.45, 2.75) is 45.8 Å². The number of rotatable bonds is 27. The zero-order valence-electron chi connectivity index (χ0n) is 75.5. The molecular weight excluding hydrogens is 1760 g/mol. The standard InChI is InChI=1S/C30H28N2O3S.C30H26N2O3S.C27H24BN2O2S.C24H24N2O3S/c1-34-24-18-22(19-25(20-24)35-2)21-31-15-14-23(26-9-3-4-10-27(26)31)8-7-13-30-32(16-17-33)28-11-5-6-12-29(28)36-30;1-35-30(34)24-15-13-22(14-16-24)21-31-18-17-23(25-8-2-3-9-26(25)31)7-6-12-29-32(19-20-33)27-10-4-5-11-28(27)36-29;1-29-25-13-4-5-14-26(25)33-27(29)15-7-9-21-16-17-30(24-12-3-2-11-23(21)24)19-20-8-6-10-22(18-20)28(31)32;1-29-19-9-10-22-23(17-19)30-24(26(22)14-16-28)8-4-5-18-11-12-25(13-15-27)21-7-3-2-6-20(18)21/h3-15,18-20H,16-17,21H2,1-2H3;2-18H,19-21H2,1H3;2-18,31-32H,19H2,1H3;2-12,17,27H,13-16H2,1H3/q;;+1;. The van der Waals surface area contributed by atoms with Gasteiger partial charge in [0.15, 0.2) is 51.0 Å². The molecule has 0 saturated heterocycles. The molecule has 0 unspecified atom stereocenters. The number of para-hydroxylation sites is 7. The molecule has 4 aromatic heterocycles. The number of thioether (sulfide) groups is 4. The number of aliphatic hydroxyl groups excluding tert-OH is 1. The Balaban J connectivity index is 0.000000131. The predicted molar refractivity (Wildman–Crippen MR) is 544 cm³/mol. The van der Waals surface area contributed by atoms with Gasteiger partial charge >= 0.3 is 13.1 Å². The van der Waals surface area contributed by atoms with Crippen molar-refractivity contribution in [1.29, 1.82) is 0 Å². The van der Waals surface area contributed by atoms with E-state index in [4.69, 9.17) is 18.9 Å². The number of aromatic nitrogens is 4. The molecule has 15 aromatic rings. The largest absolute Gasteiger partial charge is 0.853 e. The minimum absolute atomic E-state index is 0.105. The Morgan fingerprint density at radius 2 is 0.748 bits per heavy atom. The maximum absolute atomic E-state index is 11.7. The molecule has 135 heavy (non-hydrogen) atoms. The third-order valence-corrected chi connectivity index (χ3v) is 27.8. The number of hydrogen-bond donors (Lipinski definition) is 3. The van der Waals surface area contributed by atoms with E-state index in [2.05, 4.69) is 270 Å². The Morgan fingerprint density at radius 1 is 0.370 bits per heavy atom. The molecule has 11 aromatic carbocycles. The minimum Gasteiger partial charge on any atom is -0.853 e. The van der Waals surface area contributed by atoms with Crippen molar-refractivity contribution in [2.75, 3.05) is 101 Å². The molecule has 8 heterocycles. The summed E-state index contributed by atoms with van der Waals surface area (Å²) in [4.78, 5) is 24.9. The van der Waals surface area contributed by atoms with Gasteiger partial charge in [-0.1, -0.05) is 217 Å². The van der Waals surface area contributed by atoms with Crippen LogP contribution >= 0.6 is 47.0 Å². The highest BCUT2D eigenvalue weighted by molar-refractivity contribution is 8.04. The van der Waals surface area contributed by atoms with E-state index >= 15 is 0 Å². The maximum atomic E-state index is 11.7. The van der Waals surface area contributed by atoms with Gasteiger partial charge in [0.25, 0.3) is 0 Å². The zero-order chi connectivity index (χ0) is 93.5. The molecule has 4 aliphatic rings. The van der Waals surface area contributed by atoms with Crippen LogP contribution in [0.25, 0.3) is 67.9 Å². The van der Waals surface area contributed by atoms with E-state index in [1.807, 2.05) is 134 Å². The van der Waals surface area contributed by atoms with Crippen LogP contribution in [0.5, 0.6) is 17.2 Å². The van der Waals surface area contributed by atoms with Crippen molar-refractivity contribution in [3.8, 4) is 17.2 Å². The summed E-state index contributed by atoms with van der Waals surface area (Å²) in [5.41, 5.74) is 17.8. The summed E-state index contributed by atoms with van der Waals surface area (Å²) in [6.07, 6.45) is 33.4. The average Bonchev–Trinajstić information content (AvgIpc) is 1.76. The van der Waals surface area contributed by atoms with E-state index in [0.717, 1.165) is 126 Å². The van der Waals surface area contributed by atoms with Gasteiger partial charge in [-0.2, -0.15) is 18.3 Å². The molecule has 0 bridgehead atoms. The highest BCUT2D eigenvalue weighted by Gasteiger charge is 2.29. The molecule has 0 fully saturated rings. The van der Waals surface area contributed by atoms with Crippen molar-refractivity contribution in [1.82, 2.24) is 0 Å². The molecule has 0 radical (unpaired) electrons. The van der Waals surface area contributed by atoms with E-state index in [0.29, 0.717) is 56.8 Å². The van der Waals surface area contributed by atoms with Gasteiger partial charge in [0.05, 0.1) is 98.4 Å². The highest BCUT2D eigenvalue weighted by atomic mass is 32.2. The fourth-order valence-electron chi connectivity index (χ4n) is 16.7. The van der Waals surface area contributed by atoms with E-state index in [1.54, 1.807) is 86.6 Å². The van der Waals surface area contributed by atoms with Crippen LogP contribution in [0.3, 0.4) is 0 Å². The van der Waals surface area contributed by atoms with Gasteiger partial charge in [-0.05, 0) is 155 Å². The van der Waals surface area contributed by atoms with Crippen molar-refractivity contribution in [2.24, 2.45) is 0 Å². The summed E-state index contributed by atoms with van der Waals surface area (Å²) in [5.74, 6) is 2.04. The Kier molecular flexibility index (Phi) is 32.1. The Morgan fingerprint density at radius 3 is 1.18 bits per heavy atom. The highest BCUT2D eigenvalue weighted by Crippen LogP contribution is 2.50. The van der Waals surface area contributed by atoms with Crippen molar-refractivity contribution < 1.29 is 72.5 Å². The average molecular weight is 1860 g/mol. The van der Waals surface area contributed by atoms with Gasteiger partial charge in [-0.15, -0.1) is 19.8 Å². The summed E-state index contributed by atoms with van der Waals surface area (Å²) < 4.78 is 29.7. The van der Waals surface area contributed by atoms with E-state index in [9.17, 15) is 35.3 Å². The van der Waals surface area contributed by atoms with Crippen LogP contribution in [0, 0.1) is 0 Å². The van der Waals surface area contributed by atoms with E-state index in [-0.39, 0.29) is 32.4 Å². The van der Waals surface area contributed by atoms with Crippen LogP contribution in [0.2, 0.25) is 0 Å². The molecule has 4 aliphatic heterocycles. The molecular formula is C111H102BN8O11S4+. The number of ether oxygens (including phenoxy) is 4. The number of fused-ring (bicyclic) bond motifs is 8. The minimum atomic E-state index is -1.46. The lowest BCUT2D eigenvalue weighted by Crippen LogP contribution is -2.36. The van der Waals surface area contributed by atoms with Crippen molar-refractivity contribution in [3.05, 3.63) is 417 Å². The number of pyridine rings is 4. The molecule has 0 aliphatic carbocycles. The summed E-state index contributed by atoms with van der Waals surface area (Å²) in [6.45, 7) is 3.60. The second kappa shape index (κ2) is 45.8. The number of benzene rings is 11. The molecule has 24 heteroatoms. The first kappa shape index (κ1) is 94.5. The number of aliphatic hydroxyl groups is 1. The quantitative estimate of drug-likeness (QED) is 0.0248. The fraction of sp³-hybridized carbons (Fsp3) is 0.144. The lowest BCUT2D eigenvalue weighted by atomic mass is 9.79. The van der Waals surface area contributed by atoms with Gasteiger partial charge in [-0.25, -0.2) is 4.79 Å². The van der Waals surface area contributed by atoms with E-state index < -0.39 is 7.12 Å². The normalized spacial score (nSPS) is 14.3. The number of nitrogens with zero attached hydrogens (tertiary/aromatic N) is 8. The first-order valence-corrected chi connectivity index (χ1v) is 47.6. The molecule has 0 spiro atoms. The molecule has 19 nitrogen and oxygen atoms in total. The summed E-state index contributed by atoms with van der Waals surface area (Å²) in [6, 6.07) is 93.4. The molecule has 0 atom stereocenters. The van der Waals surface area contributed by atoms with Gasteiger partial charge in [0, 0.05) is 118 Å². The number of methoxy groups -OCH3 is 4. The zero-order valence-corrected chi connectivity index (χ0v) is 78.7. The van der Waals surface area contributed by atoms with Crippen LogP contribution in [0.1, 0.15) is 49.3 Å². The smallest absolute Gasteiger partial charge is 0.488 e. The number of hydrogen-bond acceptors (Lipinski definition) is 19. The summed E-state index contributed by atoms with van der Waals surface area (Å²) >= 11 is 6.83. The Hall–Kier alpha value is -13.7. The first-order chi connectivity index (χ1) is 66.2. The number of esters is 1. The van der Waals surface area contributed by atoms with Crippen LogP contribution in [-0.2, 0) is 30.9 Å². The number of allylic oxidation sites excluding steroid dienone is 8. The molecule has 678 valence electrons. The molecule has 0 amide bonds. The van der Waals surface area contributed by atoms with Gasteiger partial charge < -0.3 is 69.0 Å². The fourth-order valence-corrected chi connectivity index (χ4v) is 21.1. The van der Waals surface area contributed by atoms with E-state index in [1.165, 1.54) is 43.3 Å². The summed E-state index contributed by atoms with van der Waals surface area (Å²) in [7, 11) is 7.02. The van der Waals surface area contributed by atoms with Crippen molar-refractivity contribution >= 4 is 156 Å². The number of carbonyl (C=O) groups is 1. The lowest BCUT2D eigenvalue weighted by molar-refractivity contribution is -0.672. The van der Waals surface area contributed by atoms with Crippen LogP contribution < -0.4 is 72.9 Å². The Bertz CT molecular complexity index is 7050. The SMILES string of the molecule is CN1C(=CC=Cc2cc[n+](Cc3cccc(B(O)O)c3)c3ccccc23)Sc2ccccc21.COC(=O)c1ccc(C[n+]2ccc(C=CC=C3Sc4ccccc4N3CC[O-])c3ccccc32)cc1.COc1cc(C[n+]2ccc(C=CC=C3Sc4ccccc4N3CC[O-])c3ccccc32)cc(OC)c1.COc1ccc2c(c1)SC(=CC=Cc1cc[n+](CCO)c3ccccc13)N2CC[O-]. The van der Waals surface area contributed by atoms with Gasteiger partial charge in [-0.3, -0.25) is 0 Å². The third kappa shape index (κ3) is 22.7. The topological polar surface area (TPSA) is 212 Å².